The van der Waals surface area contributed by atoms with Crippen LogP contribution in [0, 0.1) is 0 Å². The molecule has 1 atom stereocenters. The zero-order valence-electron chi connectivity index (χ0n) is 12.0. The first-order valence-electron chi connectivity index (χ1n) is 7.08. The van der Waals surface area contributed by atoms with Crippen LogP contribution in [-0.4, -0.2) is 26.6 Å². The molecule has 6 heteroatoms. The Morgan fingerprint density at radius 2 is 1.91 bits per heavy atom. The maximum absolute atomic E-state index is 10.1. The van der Waals surface area contributed by atoms with E-state index in [-0.39, 0.29) is 0 Å². The molecule has 0 aliphatic carbocycles. The Morgan fingerprint density at radius 3 is 2.73 bits per heavy atom. The van der Waals surface area contributed by atoms with Crippen LogP contribution in [0.3, 0.4) is 0 Å². The number of anilines is 2. The van der Waals surface area contributed by atoms with Crippen LogP contribution in [0.15, 0.2) is 48.8 Å². The molecular weight excluding hydrogens is 278 g/mol. The third kappa shape index (κ3) is 3.12. The van der Waals surface area contributed by atoms with Gasteiger partial charge in [-0.1, -0.05) is 30.3 Å². The Bertz CT molecular complexity index is 763. The summed E-state index contributed by atoms with van der Waals surface area (Å²) in [5, 5.41) is 14.2. The van der Waals surface area contributed by atoms with E-state index in [0.29, 0.717) is 30.2 Å². The van der Waals surface area contributed by atoms with Crippen LogP contribution < -0.4 is 11.1 Å². The second-order valence-corrected chi connectivity index (χ2v) is 4.97. The predicted octanol–water partition coefficient (Wildman–Crippen LogP) is 2.14. The number of hydrogen-bond donors (Lipinski definition) is 3. The number of aliphatic hydroxyl groups is 1. The summed E-state index contributed by atoms with van der Waals surface area (Å²) >= 11 is 0. The second-order valence-electron chi connectivity index (χ2n) is 4.97. The molecule has 4 N–H and O–H groups in total. The van der Waals surface area contributed by atoms with Crippen LogP contribution >= 0.6 is 0 Å². The molecule has 1 aromatic carbocycles. The molecule has 0 saturated heterocycles. The summed E-state index contributed by atoms with van der Waals surface area (Å²) in [5.41, 5.74) is 7.12. The number of hydrogen-bond acceptors (Lipinski definition) is 6. The first-order chi connectivity index (χ1) is 10.7. The van der Waals surface area contributed by atoms with Crippen LogP contribution in [-0.2, 0) is 0 Å². The van der Waals surface area contributed by atoms with Gasteiger partial charge in [0.2, 0.25) is 0 Å². The number of nitrogens with two attached hydrogens (primary N) is 1. The van der Waals surface area contributed by atoms with E-state index in [4.69, 9.17) is 5.73 Å². The lowest BCUT2D eigenvalue weighted by molar-refractivity contribution is 0.171. The van der Waals surface area contributed by atoms with E-state index in [2.05, 4.69) is 20.3 Å². The van der Waals surface area contributed by atoms with Crippen molar-refractivity contribution in [3.63, 3.8) is 0 Å². The number of nitrogen functional groups attached to an aromatic ring is 1. The number of pyridine rings is 1. The highest BCUT2D eigenvalue weighted by atomic mass is 16.3. The Hall–Kier alpha value is -2.73. The first kappa shape index (κ1) is 14.2. The maximum Gasteiger partial charge on any atom is 0.166 e. The highest BCUT2D eigenvalue weighted by Gasteiger charge is 2.08. The molecule has 3 rings (SSSR count). The van der Waals surface area contributed by atoms with Crippen molar-refractivity contribution in [2.24, 2.45) is 0 Å². The van der Waals surface area contributed by atoms with Gasteiger partial charge in [0.25, 0.3) is 0 Å². The summed E-state index contributed by atoms with van der Waals surface area (Å²) in [4.78, 5) is 12.5. The van der Waals surface area contributed by atoms with Crippen LogP contribution in [0.1, 0.15) is 18.1 Å². The van der Waals surface area contributed by atoms with Crippen LogP contribution in [0.2, 0.25) is 0 Å². The van der Waals surface area contributed by atoms with Gasteiger partial charge in [-0.05, 0) is 24.1 Å². The smallest absolute Gasteiger partial charge is 0.166 e. The molecule has 0 bridgehead atoms. The third-order valence-electron chi connectivity index (χ3n) is 3.41. The largest absolute Gasteiger partial charge is 0.388 e. The van der Waals surface area contributed by atoms with Gasteiger partial charge in [0.15, 0.2) is 5.65 Å². The normalized spacial score (nSPS) is 12.2. The van der Waals surface area contributed by atoms with Gasteiger partial charge in [-0.3, -0.25) is 0 Å². The van der Waals surface area contributed by atoms with E-state index in [9.17, 15) is 5.11 Å². The first-order valence-corrected chi connectivity index (χ1v) is 7.08. The van der Waals surface area contributed by atoms with E-state index < -0.39 is 6.10 Å². The third-order valence-corrected chi connectivity index (χ3v) is 3.41. The standard InChI is InChI=1S/C16H17N5O/c17-14-7-6-12-15(19-10-20-16(12)21-14)18-9-8-13(22)11-4-2-1-3-5-11/h1-7,10,13,22H,8-9H2,(H3,17,18,19,20,21)/t13-/m0/s1. The highest BCUT2D eigenvalue weighted by molar-refractivity contribution is 5.86. The van der Waals surface area contributed by atoms with Gasteiger partial charge in [-0.25, -0.2) is 15.0 Å². The SMILES string of the molecule is Nc1ccc2c(NCC[C@H](O)c3ccccc3)ncnc2n1. The molecule has 2 heterocycles. The van der Waals surface area contributed by atoms with Gasteiger partial charge in [-0.2, -0.15) is 0 Å². The molecule has 0 aliphatic rings. The van der Waals surface area contributed by atoms with Gasteiger partial charge in [0, 0.05) is 6.54 Å². The zero-order chi connectivity index (χ0) is 15.4. The van der Waals surface area contributed by atoms with Crippen molar-refractivity contribution < 1.29 is 5.11 Å². The molecule has 0 saturated carbocycles. The lowest BCUT2D eigenvalue weighted by Crippen LogP contribution is -2.09. The molecule has 0 spiro atoms. The van der Waals surface area contributed by atoms with Crippen molar-refractivity contribution in [2.45, 2.75) is 12.5 Å². The van der Waals surface area contributed by atoms with Crippen molar-refractivity contribution in [1.82, 2.24) is 15.0 Å². The van der Waals surface area contributed by atoms with Gasteiger partial charge in [0.1, 0.15) is 18.0 Å². The lowest BCUT2D eigenvalue weighted by atomic mass is 10.1. The second kappa shape index (κ2) is 6.36. The minimum atomic E-state index is -0.504. The molecule has 0 amide bonds. The monoisotopic (exact) mass is 295 g/mol. The van der Waals surface area contributed by atoms with Gasteiger partial charge in [-0.15, -0.1) is 0 Å². The molecular formula is C16H17N5O. The minimum Gasteiger partial charge on any atom is -0.388 e. The summed E-state index contributed by atoms with van der Waals surface area (Å²) < 4.78 is 0. The summed E-state index contributed by atoms with van der Waals surface area (Å²) in [5.74, 6) is 1.12. The molecule has 3 aromatic rings. The summed E-state index contributed by atoms with van der Waals surface area (Å²) in [7, 11) is 0. The molecule has 0 radical (unpaired) electrons. The highest BCUT2D eigenvalue weighted by Crippen LogP contribution is 2.20. The molecule has 112 valence electrons. The number of nitrogens with zero attached hydrogens (tertiary/aromatic N) is 3. The molecule has 0 aliphatic heterocycles. The summed E-state index contributed by atoms with van der Waals surface area (Å²) in [6.45, 7) is 0.590. The topological polar surface area (TPSA) is 97.0 Å². The maximum atomic E-state index is 10.1. The Kier molecular flexibility index (Phi) is 4.11. The number of rotatable bonds is 5. The number of nitrogens with one attached hydrogen (secondary N) is 1. The zero-order valence-corrected chi connectivity index (χ0v) is 12.0. The van der Waals surface area contributed by atoms with Crippen LogP contribution in [0.5, 0.6) is 0 Å². The number of fused-ring (bicyclic) bond motifs is 1. The van der Waals surface area contributed by atoms with Crippen molar-refractivity contribution >= 4 is 22.7 Å². The van der Waals surface area contributed by atoms with E-state index in [1.54, 1.807) is 6.07 Å². The fourth-order valence-electron chi connectivity index (χ4n) is 2.27. The Balaban J connectivity index is 1.67. The fourth-order valence-corrected chi connectivity index (χ4v) is 2.27. The molecule has 2 aromatic heterocycles. The Morgan fingerprint density at radius 1 is 1.09 bits per heavy atom. The van der Waals surface area contributed by atoms with Crippen molar-refractivity contribution in [3.05, 3.63) is 54.4 Å². The minimum absolute atomic E-state index is 0.427. The lowest BCUT2D eigenvalue weighted by Gasteiger charge is -2.12. The predicted molar refractivity (Wildman–Crippen MR) is 86.3 cm³/mol. The van der Waals surface area contributed by atoms with Crippen molar-refractivity contribution in [2.75, 3.05) is 17.6 Å². The fraction of sp³-hybridized carbons (Fsp3) is 0.188. The summed E-state index contributed by atoms with van der Waals surface area (Å²) in [6.07, 6.45) is 1.53. The Labute approximate surface area is 128 Å². The summed E-state index contributed by atoms with van der Waals surface area (Å²) in [6, 6.07) is 13.2. The van der Waals surface area contributed by atoms with E-state index in [0.717, 1.165) is 10.9 Å². The van der Waals surface area contributed by atoms with Crippen LogP contribution in [0.4, 0.5) is 11.6 Å². The van der Waals surface area contributed by atoms with Gasteiger partial charge >= 0.3 is 0 Å². The van der Waals surface area contributed by atoms with E-state index in [1.807, 2.05) is 36.4 Å². The van der Waals surface area contributed by atoms with E-state index in [1.165, 1.54) is 6.33 Å². The van der Waals surface area contributed by atoms with Crippen molar-refractivity contribution in [1.29, 1.82) is 0 Å². The number of aliphatic hydroxyl groups excluding tert-OH is 1. The average molecular weight is 295 g/mol. The molecule has 6 nitrogen and oxygen atoms in total. The van der Waals surface area contributed by atoms with Crippen molar-refractivity contribution in [3.8, 4) is 0 Å². The average Bonchev–Trinajstić information content (AvgIpc) is 2.55. The number of aromatic nitrogens is 3. The van der Waals surface area contributed by atoms with Gasteiger partial charge < -0.3 is 16.2 Å². The molecule has 0 unspecified atom stereocenters. The quantitative estimate of drug-likeness (QED) is 0.667. The molecule has 22 heavy (non-hydrogen) atoms. The van der Waals surface area contributed by atoms with E-state index >= 15 is 0 Å². The van der Waals surface area contributed by atoms with Gasteiger partial charge in [0.05, 0.1) is 11.5 Å². The van der Waals surface area contributed by atoms with Crippen LogP contribution in [0.25, 0.3) is 11.0 Å². The molecule has 0 fully saturated rings. The number of benzene rings is 1.